The molecule has 90 valence electrons. The van der Waals surface area contributed by atoms with E-state index < -0.39 is 0 Å². The van der Waals surface area contributed by atoms with Crippen molar-refractivity contribution in [3.05, 3.63) is 45.8 Å². The summed E-state index contributed by atoms with van der Waals surface area (Å²) >= 11 is 2.31. The summed E-state index contributed by atoms with van der Waals surface area (Å²) < 4.78 is 1.25. The quantitative estimate of drug-likeness (QED) is 0.816. The van der Waals surface area contributed by atoms with Gasteiger partial charge in [0, 0.05) is 22.1 Å². The van der Waals surface area contributed by atoms with Gasteiger partial charge in [-0.15, -0.1) is 0 Å². The number of hydrogen-bond donors (Lipinski definition) is 2. The second-order valence-corrected chi connectivity index (χ2v) is 5.51. The molecule has 1 heterocycles. The molecular formula is C14H16INO. The van der Waals surface area contributed by atoms with Crippen LogP contribution in [0.3, 0.4) is 0 Å². The first-order valence-corrected chi connectivity index (χ1v) is 6.83. The van der Waals surface area contributed by atoms with E-state index in [1.165, 1.54) is 20.4 Å². The first-order chi connectivity index (χ1) is 8.20. The van der Waals surface area contributed by atoms with Gasteiger partial charge in [-0.3, -0.25) is 0 Å². The van der Waals surface area contributed by atoms with Crippen molar-refractivity contribution in [2.45, 2.75) is 19.3 Å². The third-order valence-electron chi connectivity index (χ3n) is 2.98. The summed E-state index contributed by atoms with van der Waals surface area (Å²) in [6.07, 6.45) is 2.83. The Morgan fingerprint density at radius 3 is 2.59 bits per heavy atom. The SMILES string of the molecule is CC(CCO)c1cc(-c2ccc(I)cc2)c[nH]1. The minimum Gasteiger partial charge on any atom is -0.396 e. The summed E-state index contributed by atoms with van der Waals surface area (Å²) in [6.45, 7) is 2.36. The van der Waals surface area contributed by atoms with Crippen LogP contribution in [0.2, 0.25) is 0 Å². The van der Waals surface area contributed by atoms with Gasteiger partial charge < -0.3 is 10.1 Å². The van der Waals surface area contributed by atoms with Gasteiger partial charge in [-0.25, -0.2) is 0 Å². The van der Waals surface area contributed by atoms with Gasteiger partial charge in [0.25, 0.3) is 0 Å². The zero-order chi connectivity index (χ0) is 12.3. The molecule has 2 nitrogen and oxygen atoms in total. The molecule has 0 saturated heterocycles. The molecule has 1 unspecified atom stereocenters. The number of rotatable bonds is 4. The Morgan fingerprint density at radius 2 is 1.94 bits per heavy atom. The molecule has 0 aliphatic carbocycles. The standard InChI is InChI=1S/C14H16INO/c1-10(6-7-17)14-8-12(9-16-14)11-2-4-13(15)5-3-11/h2-5,8-10,16-17H,6-7H2,1H3. The Labute approximate surface area is 115 Å². The molecule has 2 N–H and O–H groups in total. The predicted octanol–water partition coefficient (Wildman–Crippen LogP) is 3.77. The molecule has 0 radical (unpaired) electrons. The molecule has 2 aromatic rings. The molecule has 0 bridgehead atoms. The van der Waals surface area contributed by atoms with Crippen LogP contribution in [0, 0.1) is 3.57 Å². The summed E-state index contributed by atoms with van der Waals surface area (Å²) in [5, 5.41) is 8.94. The molecule has 0 amide bonds. The van der Waals surface area contributed by atoms with Crippen LogP contribution in [-0.4, -0.2) is 16.7 Å². The lowest BCUT2D eigenvalue weighted by molar-refractivity contribution is 0.278. The van der Waals surface area contributed by atoms with Crippen molar-refractivity contribution in [1.82, 2.24) is 4.98 Å². The number of aromatic amines is 1. The van der Waals surface area contributed by atoms with Gasteiger partial charge in [-0.2, -0.15) is 0 Å². The highest BCUT2D eigenvalue weighted by molar-refractivity contribution is 14.1. The van der Waals surface area contributed by atoms with Crippen molar-refractivity contribution >= 4 is 22.6 Å². The molecule has 0 aliphatic heterocycles. The fourth-order valence-corrected chi connectivity index (χ4v) is 2.21. The van der Waals surface area contributed by atoms with E-state index >= 15 is 0 Å². The second-order valence-electron chi connectivity index (χ2n) is 4.26. The Morgan fingerprint density at radius 1 is 1.24 bits per heavy atom. The summed E-state index contributed by atoms with van der Waals surface area (Å²) in [5.74, 6) is 0.373. The number of aromatic nitrogens is 1. The van der Waals surface area contributed by atoms with Crippen LogP contribution in [0.25, 0.3) is 11.1 Å². The highest BCUT2D eigenvalue weighted by atomic mass is 127. The third-order valence-corrected chi connectivity index (χ3v) is 3.70. The third kappa shape index (κ3) is 3.10. The summed E-state index contributed by atoms with van der Waals surface area (Å²) in [6, 6.07) is 10.7. The average molecular weight is 341 g/mol. The minimum absolute atomic E-state index is 0.235. The van der Waals surface area contributed by atoms with Crippen LogP contribution in [0.5, 0.6) is 0 Å². The first kappa shape index (κ1) is 12.6. The smallest absolute Gasteiger partial charge is 0.0437 e. The van der Waals surface area contributed by atoms with Crippen LogP contribution < -0.4 is 0 Å². The molecule has 1 atom stereocenters. The van der Waals surface area contributed by atoms with E-state index in [-0.39, 0.29) is 6.61 Å². The molecule has 1 aromatic heterocycles. The highest BCUT2D eigenvalue weighted by Gasteiger charge is 2.08. The number of benzene rings is 1. The molecule has 0 fully saturated rings. The highest BCUT2D eigenvalue weighted by Crippen LogP contribution is 2.25. The largest absolute Gasteiger partial charge is 0.396 e. The van der Waals surface area contributed by atoms with E-state index in [9.17, 15) is 0 Å². The maximum atomic E-state index is 8.94. The fourth-order valence-electron chi connectivity index (χ4n) is 1.85. The number of nitrogens with one attached hydrogen (secondary N) is 1. The van der Waals surface area contributed by atoms with E-state index in [0.29, 0.717) is 5.92 Å². The van der Waals surface area contributed by atoms with Gasteiger partial charge in [-0.1, -0.05) is 19.1 Å². The Hall–Kier alpha value is -0.810. The van der Waals surface area contributed by atoms with Gasteiger partial charge in [0.2, 0.25) is 0 Å². The lowest BCUT2D eigenvalue weighted by atomic mass is 10.0. The van der Waals surface area contributed by atoms with Crippen molar-refractivity contribution in [2.75, 3.05) is 6.61 Å². The van der Waals surface area contributed by atoms with E-state index in [0.717, 1.165) is 6.42 Å². The molecule has 0 aliphatic rings. The van der Waals surface area contributed by atoms with Gasteiger partial charge in [-0.05, 0) is 64.3 Å². The molecule has 0 spiro atoms. The molecule has 17 heavy (non-hydrogen) atoms. The number of halogens is 1. The van der Waals surface area contributed by atoms with Gasteiger partial charge in [0.05, 0.1) is 0 Å². The van der Waals surface area contributed by atoms with Crippen LogP contribution in [0.1, 0.15) is 25.0 Å². The van der Waals surface area contributed by atoms with Gasteiger partial charge >= 0.3 is 0 Å². The van der Waals surface area contributed by atoms with Crippen LogP contribution in [0.4, 0.5) is 0 Å². The van der Waals surface area contributed by atoms with E-state index in [1.54, 1.807) is 0 Å². The van der Waals surface area contributed by atoms with Crippen molar-refractivity contribution in [1.29, 1.82) is 0 Å². The first-order valence-electron chi connectivity index (χ1n) is 5.76. The van der Waals surface area contributed by atoms with Crippen molar-refractivity contribution in [2.24, 2.45) is 0 Å². The van der Waals surface area contributed by atoms with Crippen LogP contribution in [-0.2, 0) is 0 Å². The lowest BCUT2D eigenvalue weighted by Crippen LogP contribution is -1.96. The average Bonchev–Trinajstić information content (AvgIpc) is 2.80. The Kier molecular flexibility index (Phi) is 4.23. The molecular weight excluding hydrogens is 325 g/mol. The molecule has 1 aromatic carbocycles. The van der Waals surface area contributed by atoms with Crippen molar-refractivity contribution in [3.8, 4) is 11.1 Å². The zero-order valence-corrected chi connectivity index (χ0v) is 11.9. The number of H-pyrrole nitrogens is 1. The van der Waals surface area contributed by atoms with Crippen LogP contribution in [0.15, 0.2) is 36.5 Å². The summed E-state index contributed by atoms with van der Waals surface area (Å²) in [7, 11) is 0. The monoisotopic (exact) mass is 341 g/mol. The fraction of sp³-hybridized carbons (Fsp3) is 0.286. The zero-order valence-electron chi connectivity index (χ0n) is 9.78. The molecule has 2 rings (SSSR count). The minimum atomic E-state index is 0.235. The van der Waals surface area contributed by atoms with E-state index in [1.807, 2.05) is 6.20 Å². The molecule has 3 heteroatoms. The number of hydrogen-bond acceptors (Lipinski definition) is 1. The van der Waals surface area contributed by atoms with Crippen molar-refractivity contribution < 1.29 is 5.11 Å². The van der Waals surface area contributed by atoms with E-state index in [4.69, 9.17) is 5.11 Å². The predicted molar refractivity (Wildman–Crippen MR) is 79.1 cm³/mol. The summed E-state index contributed by atoms with van der Waals surface area (Å²) in [5.41, 5.74) is 3.62. The number of aliphatic hydroxyl groups excluding tert-OH is 1. The second kappa shape index (κ2) is 5.69. The van der Waals surface area contributed by atoms with Crippen LogP contribution >= 0.6 is 22.6 Å². The maximum Gasteiger partial charge on any atom is 0.0437 e. The Balaban J connectivity index is 2.20. The van der Waals surface area contributed by atoms with E-state index in [2.05, 4.69) is 64.8 Å². The normalized spacial score (nSPS) is 12.6. The van der Waals surface area contributed by atoms with Gasteiger partial charge in [0.1, 0.15) is 0 Å². The summed E-state index contributed by atoms with van der Waals surface area (Å²) in [4.78, 5) is 3.29. The molecule has 0 saturated carbocycles. The lowest BCUT2D eigenvalue weighted by Gasteiger charge is -2.06. The van der Waals surface area contributed by atoms with Crippen molar-refractivity contribution in [3.63, 3.8) is 0 Å². The Bertz CT molecular complexity index is 475. The number of aliphatic hydroxyl groups is 1. The van der Waals surface area contributed by atoms with Gasteiger partial charge in [0.15, 0.2) is 0 Å². The topological polar surface area (TPSA) is 36.0 Å². The maximum absolute atomic E-state index is 8.94.